The average Bonchev–Trinajstić information content (AvgIpc) is 2.88. The molecule has 5 nitrogen and oxygen atoms in total. The van der Waals surface area contributed by atoms with E-state index in [2.05, 4.69) is 6.07 Å². The Labute approximate surface area is 133 Å². The fourth-order valence-corrected chi connectivity index (χ4v) is 3.90. The highest BCUT2D eigenvalue weighted by Gasteiger charge is 2.22. The predicted molar refractivity (Wildman–Crippen MR) is 84.5 cm³/mol. The van der Waals surface area contributed by atoms with Crippen LogP contribution in [0.1, 0.15) is 21.1 Å². The molecule has 1 aromatic heterocycles. The third kappa shape index (κ3) is 3.28. The molecule has 1 aromatic carbocycles. The molecule has 1 N–H and O–H groups in total. The molecular formula is C16H18N2O3S. The summed E-state index contributed by atoms with van der Waals surface area (Å²) in [5.74, 6) is 0.102. The van der Waals surface area contributed by atoms with E-state index in [1.54, 1.807) is 18.4 Å². The number of aliphatic carboxylic acids is 1. The number of benzene rings is 1. The molecule has 0 saturated heterocycles. The SMILES string of the molecule is COc1ccccc1Cc1nc2c(s1)CN(CC(=O)O)CC2. The monoisotopic (exact) mass is 318 g/mol. The molecule has 116 valence electrons. The molecule has 1 aliphatic rings. The number of carboxylic acid groups (broad SMARTS) is 1. The van der Waals surface area contributed by atoms with Crippen molar-refractivity contribution in [2.45, 2.75) is 19.4 Å². The van der Waals surface area contributed by atoms with Crippen molar-refractivity contribution in [2.75, 3.05) is 20.2 Å². The van der Waals surface area contributed by atoms with Gasteiger partial charge in [0, 0.05) is 36.4 Å². The molecule has 0 saturated carbocycles. The van der Waals surface area contributed by atoms with Crippen LogP contribution in [0.5, 0.6) is 5.75 Å². The number of fused-ring (bicyclic) bond motifs is 1. The van der Waals surface area contributed by atoms with Crippen molar-refractivity contribution >= 4 is 17.3 Å². The van der Waals surface area contributed by atoms with Gasteiger partial charge in [0.15, 0.2) is 0 Å². The summed E-state index contributed by atoms with van der Waals surface area (Å²) >= 11 is 1.68. The zero-order chi connectivity index (χ0) is 15.5. The quantitative estimate of drug-likeness (QED) is 0.915. The fourth-order valence-electron chi connectivity index (χ4n) is 2.72. The first kappa shape index (κ1) is 15.0. The van der Waals surface area contributed by atoms with Crippen molar-refractivity contribution in [3.63, 3.8) is 0 Å². The minimum atomic E-state index is -0.776. The first-order chi connectivity index (χ1) is 10.7. The number of carbonyl (C=O) groups is 1. The van der Waals surface area contributed by atoms with Gasteiger partial charge in [0.25, 0.3) is 0 Å². The second-order valence-corrected chi connectivity index (χ2v) is 6.49. The molecule has 0 radical (unpaired) electrons. The third-order valence-corrected chi connectivity index (χ3v) is 4.83. The largest absolute Gasteiger partial charge is 0.496 e. The molecule has 2 heterocycles. The van der Waals surface area contributed by atoms with Gasteiger partial charge in [-0.05, 0) is 6.07 Å². The van der Waals surface area contributed by atoms with Gasteiger partial charge in [0.2, 0.25) is 0 Å². The lowest BCUT2D eigenvalue weighted by Crippen LogP contribution is -2.34. The number of rotatable bonds is 5. The van der Waals surface area contributed by atoms with Gasteiger partial charge in [-0.25, -0.2) is 4.98 Å². The average molecular weight is 318 g/mol. The van der Waals surface area contributed by atoms with Crippen molar-refractivity contribution in [3.8, 4) is 5.75 Å². The number of thiazole rings is 1. The van der Waals surface area contributed by atoms with Crippen molar-refractivity contribution in [1.29, 1.82) is 0 Å². The van der Waals surface area contributed by atoms with Crippen LogP contribution >= 0.6 is 11.3 Å². The Morgan fingerprint density at radius 1 is 1.45 bits per heavy atom. The van der Waals surface area contributed by atoms with Gasteiger partial charge in [0.05, 0.1) is 24.4 Å². The number of ether oxygens (including phenoxy) is 1. The van der Waals surface area contributed by atoms with Crippen LogP contribution in [0.15, 0.2) is 24.3 Å². The van der Waals surface area contributed by atoms with E-state index in [1.807, 2.05) is 23.1 Å². The highest BCUT2D eigenvalue weighted by molar-refractivity contribution is 7.11. The van der Waals surface area contributed by atoms with Crippen molar-refractivity contribution in [3.05, 3.63) is 45.4 Å². The summed E-state index contributed by atoms with van der Waals surface area (Å²) in [5.41, 5.74) is 2.25. The van der Waals surface area contributed by atoms with Crippen molar-refractivity contribution in [1.82, 2.24) is 9.88 Å². The number of methoxy groups -OCH3 is 1. The van der Waals surface area contributed by atoms with Gasteiger partial charge in [-0.15, -0.1) is 11.3 Å². The molecule has 2 aromatic rings. The van der Waals surface area contributed by atoms with Crippen LogP contribution in [0.2, 0.25) is 0 Å². The van der Waals surface area contributed by atoms with E-state index in [1.165, 1.54) is 4.88 Å². The van der Waals surface area contributed by atoms with Crippen LogP contribution in [0, 0.1) is 0 Å². The van der Waals surface area contributed by atoms with Crippen molar-refractivity contribution < 1.29 is 14.6 Å². The van der Waals surface area contributed by atoms with Gasteiger partial charge in [-0.2, -0.15) is 0 Å². The number of aromatic nitrogens is 1. The lowest BCUT2D eigenvalue weighted by atomic mass is 10.1. The molecule has 22 heavy (non-hydrogen) atoms. The molecule has 1 aliphatic heterocycles. The number of carboxylic acids is 1. The van der Waals surface area contributed by atoms with E-state index in [-0.39, 0.29) is 6.54 Å². The van der Waals surface area contributed by atoms with Gasteiger partial charge in [0.1, 0.15) is 5.75 Å². The Morgan fingerprint density at radius 2 is 2.27 bits per heavy atom. The highest BCUT2D eigenvalue weighted by atomic mass is 32.1. The third-order valence-electron chi connectivity index (χ3n) is 3.75. The molecule has 0 atom stereocenters. The minimum absolute atomic E-state index is 0.0964. The maximum absolute atomic E-state index is 10.8. The summed E-state index contributed by atoms with van der Waals surface area (Å²) in [7, 11) is 1.68. The second-order valence-electron chi connectivity index (χ2n) is 5.32. The zero-order valence-corrected chi connectivity index (χ0v) is 13.2. The first-order valence-electron chi connectivity index (χ1n) is 7.19. The van der Waals surface area contributed by atoms with Gasteiger partial charge >= 0.3 is 5.97 Å². The van der Waals surface area contributed by atoms with Crippen LogP contribution in [0.25, 0.3) is 0 Å². The van der Waals surface area contributed by atoms with E-state index in [0.29, 0.717) is 6.54 Å². The summed E-state index contributed by atoms with van der Waals surface area (Å²) in [6.45, 7) is 1.54. The lowest BCUT2D eigenvalue weighted by Gasteiger charge is -2.23. The summed E-state index contributed by atoms with van der Waals surface area (Å²) in [4.78, 5) is 18.7. The Morgan fingerprint density at radius 3 is 3.05 bits per heavy atom. The molecule has 0 spiro atoms. The van der Waals surface area contributed by atoms with Crippen LogP contribution in [-0.2, 0) is 24.2 Å². The predicted octanol–water partition coefficient (Wildman–Crippen LogP) is 2.19. The van der Waals surface area contributed by atoms with Crippen LogP contribution in [0.3, 0.4) is 0 Å². The van der Waals surface area contributed by atoms with E-state index < -0.39 is 5.97 Å². The highest BCUT2D eigenvalue weighted by Crippen LogP contribution is 2.28. The van der Waals surface area contributed by atoms with Crippen LogP contribution in [0.4, 0.5) is 0 Å². The number of hydrogen-bond acceptors (Lipinski definition) is 5. The molecule has 0 amide bonds. The van der Waals surface area contributed by atoms with Crippen LogP contribution < -0.4 is 4.74 Å². The minimum Gasteiger partial charge on any atom is -0.496 e. The summed E-state index contributed by atoms with van der Waals surface area (Å²) < 4.78 is 5.38. The molecule has 3 rings (SSSR count). The molecule has 0 aliphatic carbocycles. The van der Waals surface area contributed by atoms with Gasteiger partial charge in [-0.1, -0.05) is 18.2 Å². The number of para-hydroxylation sites is 1. The van der Waals surface area contributed by atoms with Gasteiger partial charge in [-0.3, -0.25) is 9.69 Å². The Bertz CT molecular complexity index is 684. The summed E-state index contributed by atoms with van der Waals surface area (Å²) in [5, 5.41) is 9.97. The second kappa shape index (κ2) is 6.46. The lowest BCUT2D eigenvalue weighted by molar-refractivity contribution is -0.138. The Kier molecular flexibility index (Phi) is 4.40. The maximum atomic E-state index is 10.8. The standard InChI is InChI=1S/C16H18N2O3S/c1-21-13-5-3-2-4-11(13)8-15-17-12-6-7-18(10-16(19)20)9-14(12)22-15/h2-5H,6-10H2,1H3,(H,19,20). The summed E-state index contributed by atoms with van der Waals surface area (Å²) in [6, 6.07) is 7.96. The molecule has 0 unspecified atom stereocenters. The molecule has 6 heteroatoms. The Balaban J connectivity index is 1.75. The first-order valence-corrected chi connectivity index (χ1v) is 8.01. The maximum Gasteiger partial charge on any atom is 0.317 e. The van der Waals surface area contributed by atoms with Gasteiger partial charge < -0.3 is 9.84 Å². The normalized spacial score (nSPS) is 14.6. The van der Waals surface area contributed by atoms with E-state index in [9.17, 15) is 4.79 Å². The van der Waals surface area contributed by atoms with E-state index in [4.69, 9.17) is 14.8 Å². The molecule has 0 bridgehead atoms. The molecular weight excluding hydrogens is 300 g/mol. The fraction of sp³-hybridized carbons (Fsp3) is 0.375. The van der Waals surface area contributed by atoms with E-state index in [0.717, 1.165) is 41.4 Å². The summed E-state index contributed by atoms with van der Waals surface area (Å²) in [6.07, 6.45) is 1.58. The topological polar surface area (TPSA) is 62.7 Å². The molecule has 0 fully saturated rings. The number of hydrogen-bond donors (Lipinski definition) is 1. The Hall–Kier alpha value is -1.92. The van der Waals surface area contributed by atoms with Crippen LogP contribution in [-0.4, -0.2) is 41.2 Å². The smallest absolute Gasteiger partial charge is 0.317 e. The zero-order valence-electron chi connectivity index (χ0n) is 12.4. The number of nitrogens with zero attached hydrogens (tertiary/aromatic N) is 2. The van der Waals surface area contributed by atoms with Crippen molar-refractivity contribution in [2.24, 2.45) is 0 Å². The van der Waals surface area contributed by atoms with E-state index >= 15 is 0 Å².